The van der Waals surface area contributed by atoms with Crippen molar-refractivity contribution in [2.45, 2.75) is 19.8 Å². The Balaban J connectivity index is 2.57. The Bertz CT molecular complexity index is 344. The molecule has 0 aliphatic rings. The van der Waals surface area contributed by atoms with Crippen molar-refractivity contribution < 1.29 is 14.3 Å². The number of ether oxygens (including phenoxy) is 1. The van der Waals surface area contributed by atoms with Crippen molar-refractivity contribution in [2.75, 3.05) is 6.61 Å². The fourth-order valence-corrected chi connectivity index (χ4v) is 1.35. The average molecular weight is 206 g/mol. The smallest absolute Gasteiger partial charge is 0.306 e. The number of benzene rings is 1. The van der Waals surface area contributed by atoms with Crippen LogP contribution >= 0.6 is 0 Å². The Kier molecular flexibility index (Phi) is 4.54. The summed E-state index contributed by atoms with van der Waals surface area (Å²) in [6, 6.07) is 7.25. The number of rotatable bonds is 5. The molecule has 0 unspecified atom stereocenters. The molecule has 3 nitrogen and oxygen atoms in total. The molecule has 0 bridgehead atoms. The van der Waals surface area contributed by atoms with Gasteiger partial charge in [0.1, 0.15) is 6.29 Å². The fraction of sp³-hybridized carbons (Fsp3) is 0.333. The molecule has 0 saturated carbocycles. The van der Waals surface area contributed by atoms with E-state index in [4.69, 9.17) is 4.74 Å². The Labute approximate surface area is 89.1 Å². The predicted octanol–water partition coefficient (Wildman–Crippen LogP) is 1.99. The second-order valence-corrected chi connectivity index (χ2v) is 3.12. The van der Waals surface area contributed by atoms with Gasteiger partial charge in [0.15, 0.2) is 0 Å². The van der Waals surface area contributed by atoms with Gasteiger partial charge in [-0.2, -0.15) is 0 Å². The fourth-order valence-electron chi connectivity index (χ4n) is 1.35. The third-order valence-electron chi connectivity index (χ3n) is 2.09. The molecule has 0 saturated heterocycles. The SMILES string of the molecule is CCOC(=O)CCc1ccccc1C=O. The molecule has 0 aromatic heterocycles. The zero-order chi connectivity index (χ0) is 11.1. The van der Waals surface area contributed by atoms with Crippen LogP contribution in [0.2, 0.25) is 0 Å². The van der Waals surface area contributed by atoms with Crippen molar-refractivity contribution in [1.29, 1.82) is 0 Å². The van der Waals surface area contributed by atoms with Gasteiger partial charge >= 0.3 is 5.97 Å². The summed E-state index contributed by atoms with van der Waals surface area (Å²) in [6.45, 7) is 2.17. The largest absolute Gasteiger partial charge is 0.466 e. The number of hydrogen-bond donors (Lipinski definition) is 0. The molecule has 0 radical (unpaired) electrons. The Morgan fingerprint density at radius 1 is 1.40 bits per heavy atom. The summed E-state index contributed by atoms with van der Waals surface area (Å²) in [7, 11) is 0. The van der Waals surface area contributed by atoms with E-state index in [0.29, 0.717) is 25.0 Å². The molecule has 0 amide bonds. The highest BCUT2D eigenvalue weighted by Crippen LogP contribution is 2.09. The van der Waals surface area contributed by atoms with Crippen LogP contribution in [0, 0.1) is 0 Å². The van der Waals surface area contributed by atoms with Gasteiger partial charge in [-0.15, -0.1) is 0 Å². The van der Waals surface area contributed by atoms with Gasteiger partial charge in [-0.25, -0.2) is 0 Å². The standard InChI is InChI=1S/C12H14O3/c1-2-15-12(14)8-7-10-5-3-4-6-11(10)9-13/h3-6,9H,2,7-8H2,1H3. The van der Waals surface area contributed by atoms with Crippen molar-refractivity contribution in [3.63, 3.8) is 0 Å². The second kappa shape index (κ2) is 5.96. The van der Waals surface area contributed by atoms with Gasteiger partial charge in [-0.3, -0.25) is 9.59 Å². The van der Waals surface area contributed by atoms with Crippen LogP contribution in [-0.2, 0) is 16.0 Å². The summed E-state index contributed by atoms with van der Waals surface area (Å²) < 4.78 is 4.81. The predicted molar refractivity (Wildman–Crippen MR) is 56.8 cm³/mol. The van der Waals surface area contributed by atoms with E-state index in [-0.39, 0.29) is 5.97 Å². The Hall–Kier alpha value is -1.64. The first-order valence-electron chi connectivity index (χ1n) is 4.96. The van der Waals surface area contributed by atoms with E-state index in [0.717, 1.165) is 11.8 Å². The molecule has 0 atom stereocenters. The molecule has 0 heterocycles. The van der Waals surface area contributed by atoms with Crippen LogP contribution in [0.15, 0.2) is 24.3 Å². The maximum absolute atomic E-state index is 11.1. The summed E-state index contributed by atoms with van der Waals surface area (Å²) in [5, 5.41) is 0. The molecule has 0 aliphatic heterocycles. The van der Waals surface area contributed by atoms with Crippen molar-refractivity contribution in [1.82, 2.24) is 0 Å². The number of aryl methyl sites for hydroxylation is 1. The molecule has 1 aromatic rings. The van der Waals surface area contributed by atoms with Crippen molar-refractivity contribution >= 4 is 12.3 Å². The van der Waals surface area contributed by atoms with Crippen LogP contribution in [0.5, 0.6) is 0 Å². The molecule has 0 N–H and O–H groups in total. The lowest BCUT2D eigenvalue weighted by molar-refractivity contribution is -0.143. The van der Waals surface area contributed by atoms with Crippen LogP contribution in [0.1, 0.15) is 29.3 Å². The van der Waals surface area contributed by atoms with Gasteiger partial charge in [0, 0.05) is 12.0 Å². The number of hydrogen-bond acceptors (Lipinski definition) is 3. The minimum atomic E-state index is -0.224. The zero-order valence-electron chi connectivity index (χ0n) is 8.73. The minimum absolute atomic E-state index is 0.224. The first-order chi connectivity index (χ1) is 7.27. The van der Waals surface area contributed by atoms with Gasteiger partial charge in [-0.05, 0) is 18.9 Å². The number of carbonyl (C=O) groups excluding carboxylic acids is 2. The first kappa shape index (κ1) is 11.4. The van der Waals surface area contributed by atoms with Crippen LogP contribution < -0.4 is 0 Å². The normalized spacial score (nSPS) is 9.67. The highest BCUT2D eigenvalue weighted by Gasteiger charge is 2.05. The van der Waals surface area contributed by atoms with E-state index in [9.17, 15) is 9.59 Å². The molecule has 80 valence electrons. The quantitative estimate of drug-likeness (QED) is 0.546. The highest BCUT2D eigenvalue weighted by molar-refractivity contribution is 5.77. The molecule has 0 spiro atoms. The lowest BCUT2D eigenvalue weighted by atomic mass is 10.0. The van der Waals surface area contributed by atoms with Crippen LogP contribution in [-0.4, -0.2) is 18.9 Å². The summed E-state index contributed by atoms with van der Waals surface area (Å²) in [5.74, 6) is -0.224. The maximum atomic E-state index is 11.1. The van der Waals surface area contributed by atoms with E-state index in [1.165, 1.54) is 0 Å². The molecular formula is C12H14O3. The Morgan fingerprint density at radius 2 is 2.13 bits per heavy atom. The average Bonchev–Trinajstić information content (AvgIpc) is 2.27. The first-order valence-corrected chi connectivity index (χ1v) is 4.96. The van der Waals surface area contributed by atoms with Crippen molar-refractivity contribution in [3.8, 4) is 0 Å². The van der Waals surface area contributed by atoms with Crippen LogP contribution in [0.3, 0.4) is 0 Å². The molecule has 0 aliphatic carbocycles. The summed E-state index contributed by atoms with van der Waals surface area (Å²) in [5.41, 5.74) is 1.53. The van der Waals surface area contributed by atoms with E-state index >= 15 is 0 Å². The molecular weight excluding hydrogens is 192 g/mol. The summed E-state index contributed by atoms with van der Waals surface area (Å²) in [4.78, 5) is 21.8. The topological polar surface area (TPSA) is 43.4 Å². The van der Waals surface area contributed by atoms with Gasteiger partial charge in [-0.1, -0.05) is 24.3 Å². The molecule has 0 fully saturated rings. The van der Waals surface area contributed by atoms with E-state index in [1.54, 1.807) is 19.1 Å². The third kappa shape index (κ3) is 3.54. The maximum Gasteiger partial charge on any atom is 0.306 e. The number of carbonyl (C=O) groups is 2. The van der Waals surface area contributed by atoms with Gasteiger partial charge < -0.3 is 4.74 Å². The Morgan fingerprint density at radius 3 is 2.80 bits per heavy atom. The number of aldehydes is 1. The van der Waals surface area contributed by atoms with Crippen molar-refractivity contribution in [2.24, 2.45) is 0 Å². The second-order valence-electron chi connectivity index (χ2n) is 3.12. The summed E-state index contributed by atoms with van der Waals surface area (Å²) >= 11 is 0. The summed E-state index contributed by atoms with van der Waals surface area (Å²) in [6.07, 6.45) is 1.67. The lowest BCUT2D eigenvalue weighted by Gasteiger charge is -2.04. The van der Waals surface area contributed by atoms with Gasteiger partial charge in [0.25, 0.3) is 0 Å². The number of esters is 1. The van der Waals surface area contributed by atoms with Gasteiger partial charge in [0.05, 0.1) is 6.61 Å². The highest BCUT2D eigenvalue weighted by atomic mass is 16.5. The molecule has 15 heavy (non-hydrogen) atoms. The van der Waals surface area contributed by atoms with E-state index < -0.39 is 0 Å². The molecule has 3 heteroatoms. The zero-order valence-corrected chi connectivity index (χ0v) is 8.73. The van der Waals surface area contributed by atoms with Crippen LogP contribution in [0.25, 0.3) is 0 Å². The lowest BCUT2D eigenvalue weighted by Crippen LogP contribution is -2.06. The van der Waals surface area contributed by atoms with E-state index in [2.05, 4.69) is 0 Å². The van der Waals surface area contributed by atoms with Crippen LogP contribution in [0.4, 0.5) is 0 Å². The molecule has 1 rings (SSSR count). The molecule has 1 aromatic carbocycles. The third-order valence-corrected chi connectivity index (χ3v) is 2.09. The van der Waals surface area contributed by atoms with Crippen molar-refractivity contribution in [3.05, 3.63) is 35.4 Å². The minimum Gasteiger partial charge on any atom is -0.466 e. The van der Waals surface area contributed by atoms with Gasteiger partial charge in [0.2, 0.25) is 0 Å². The van der Waals surface area contributed by atoms with E-state index in [1.807, 2.05) is 12.1 Å². The monoisotopic (exact) mass is 206 g/mol.